The zero-order valence-electron chi connectivity index (χ0n) is 12.5. The highest BCUT2D eigenvalue weighted by molar-refractivity contribution is 7.99. The molecule has 2 aliphatic heterocycles. The van der Waals surface area contributed by atoms with Crippen molar-refractivity contribution in [2.75, 3.05) is 18.1 Å². The van der Waals surface area contributed by atoms with Gasteiger partial charge in [0.15, 0.2) is 0 Å². The third kappa shape index (κ3) is 3.48. The highest BCUT2D eigenvalue weighted by Gasteiger charge is 2.41. The fraction of sp³-hybridized carbons (Fsp3) is 1.00. The average Bonchev–Trinajstić information content (AvgIpc) is 2.76. The Bertz CT molecular complexity index is 293. The summed E-state index contributed by atoms with van der Waals surface area (Å²) >= 11 is 2.08. The van der Waals surface area contributed by atoms with E-state index in [2.05, 4.69) is 30.9 Å². The van der Waals surface area contributed by atoms with Gasteiger partial charge in [-0.1, -0.05) is 13.8 Å². The highest BCUT2D eigenvalue weighted by Crippen LogP contribution is 2.39. The summed E-state index contributed by atoms with van der Waals surface area (Å²) < 4.78 is 6.13. The van der Waals surface area contributed by atoms with Crippen LogP contribution in [0.25, 0.3) is 0 Å². The minimum atomic E-state index is 0.229. The Balaban J connectivity index is 1.54. The van der Waals surface area contributed by atoms with Crippen LogP contribution in [0.5, 0.6) is 0 Å². The molecule has 1 saturated carbocycles. The maximum absolute atomic E-state index is 6.13. The Kier molecular flexibility index (Phi) is 4.45. The molecular weight excluding hydrogens is 254 g/mol. The van der Waals surface area contributed by atoms with Gasteiger partial charge in [-0.25, -0.2) is 0 Å². The standard InChI is InChI=1S/C16H29NOS/c1-12-7-13(2)9-15(8-12)17-14-3-5-18-16(10-14)4-6-19-11-16/h12-15,17H,3-11H2,1-2H3. The molecule has 110 valence electrons. The molecule has 3 heteroatoms. The monoisotopic (exact) mass is 283 g/mol. The molecule has 0 bridgehead atoms. The maximum Gasteiger partial charge on any atom is 0.0795 e. The number of rotatable bonds is 2. The molecule has 19 heavy (non-hydrogen) atoms. The molecule has 4 atom stereocenters. The molecule has 1 spiro atoms. The van der Waals surface area contributed by atoms with Crippen molar-refractivity contribution >= 4 is 11.8 Å². The van der Waals surface area contributed by atoms with Gasteiger partial charge in [0.05, 0.1) is 5.60 Å². The summed E-state index contributed by atoms with van der Waals surface area (Å²) in [4.78, 5) is 0. The van der Waals surface area contributed by atoms with E-state index in [-0.39, 0.29) is 5.60 Å². The van der Waals surface area contributed by atoms with E-state index < -0.39 is 0 Å². The maximum atomic E-state index is 6.13. The molecule has 1 aliphatic carbocycles. The number of nitrogens with one attached hydrogen (secondary N) is 1. The molecule has 2 nitrogen and oxygen atoms in total. The van der Waals surface area contributed by atoms with Crippen LogP contribution in [0.4, 0.5) is 0 Å². The summed E-state index contributed by atoms with van der Waals surface area (Å²) in [5, 5.41) is 3.98. The largest absolute Gasteiger partial charge is 0.374 e. The van der Waals surface area contributed by atoms with Crippen LogP contribution in [0.1, 0.15) is 52.4 Å². The first-order valence-corrected chi connectivity index (χ1v) is 9.28. The van der Waals surface area contributed by atoms with E-state index in [4.69, 9.17) is 4.74 Å². The zero-order valence-corrected chi connectivity index (χ0v) is 13.3. The van der Waals surface area contributed by atoms with Crippen molar-refractivity contribution in [3.05, 3.63) is 0 Å². The summed E-state index contributed by atoms with van der Waals surface area (Å²) in [6.45, 7) is 5.81. The Morgan fingerprint density at radius 1 is 1.11 bits per heavy atom. The fourth-order valence-electron chi connectivity index (χ4n) is 4.45. The minimum absolute atomic E-state index is 0.229. The summed E-state index contributed by atoms with van der Waals surface area (Å²) in [5.41, 5.74) is 0.229. The van der Waals surface area contributed by atoms with E-state index in [0.717, 1.165) is 24.5 Å². The predicted molar refractivity (Wildman–Crippen MR) is 82.7 cm³/mol. The molecule has 0 radical (unpaired) electrons. The Hall–Kier alpha value is 0.270. The van der Waals surface area contributed by atoms with Gasteiger partial charge in [-0.15, -0.1) is 0 Å². The van der Waals surface area contributed by atoms with Crippen LogP contribution in [-0.2, 0) is 4.74 Å². The van der Waals surface area contributed by atoms with Gasteiger partial charge >= 0.3 is 0 Å². The summed E-state index contributed by atoms with van der Waals surface area (Å²) in [5.74, 6) is 4.32. The van der Waals surface area contributed by atoms with Gasteiger partial charge in [-0.2, -0.15) is 11.8 Å². The van der Waals surface area contributed by atoms with Gasteiger partial charge in [-0.05, 0) is 56.1 Å². The highest BCUT2D eigenvalue weighted by atomic mass is 32.2. The normalized spacial score (nSPS) is 47.7. The van der Waals surface area contributed by atoms with Crippen LogP contribution in [0.3, 0.4) is 0 Å². The lowest BCUT2D eigenvalue weighted by Gasteiger charge is -2.41. The molecule has 4 unspecified atom stereocenters. The van der Waals surface area contributed by atoms with Crippen molar-refractivity contribution in [3.63, 3.8) is 0 Å². The topological polar surface area (TPSA) is 21.3 Å². The summed E-state index contributed by atoms with van der Waals surface area (Å²) in [6, 6.07) is 1.46. The van der Waals surface area contributed by atoms with E-state index in [1.807, 2.05) is 0 Å². The summed E-state index contributed by atoms with van der Waals surface area (Å²) in [7, 11) is 0. The lowest BCUT2D eigenvalue weighted by Crippen LogP contribution is -2.51. The third-order valence-electron chi connectivity index (χ3n) is 5.21. The van der Waals surface area contributed by atoms with Crippen molar-refractivity contribution in [1.82, 2.24) is 5.32 Å². The lowest BCUT2D eigenvalue weighted by atomic mass is 9.79. The number of hydrogen-bond acceptors (Lipinski definition) is 3. The predicted octanol–water partition coefficient (Wildman–Crippen LogP) is 3.46. The van der Waals surface area contributed by atoms with E-state index in [1.165, 1.54) is 50.0 Å². The fourth-order valence-corrected chi connectivity index (χ4v) is 5.83. The SMILES string of the molecule is CC1CC(C)CC(NC2CCOC3(CCSC3)C2)C1. The second-order valence-corrected chi connectivity index (χ2v) is 8.41. The van der Waals surface area contributed by atoms with Crippen LogP contribution in [-0.4, -0.2) is 35.8 Å². The lowest BCUT2D eigenvalue weighted by molar-refractivity contribution is -0.0722. The van der Waals surface area contributed by atoms with Crippen molar-refractivity contribution < 1.29 is 4.74 Å². The second kappa shape index (κ2) is 5.95. The van der Waals surface area contributed by atoms with Gasteiger partial charge in [0.1, 0.15) is 0 Å². The smallest absolute Gasteiger partial charge is 0.0795 e. The van der Waals surface area contributed by atoms with E-state index >= 15 is 0 Å². The number of hydrogen-bond donors (Lipinski definition) is 1. The van der Waals surface area contributed by atoms with Gasteiger partial charge in [-0.3, -0.25) is 0 Å². The number of ether oxygens (including phenoxy) is 1. The first kappa shape index (κ1) is 14.2. The van der Waals surface area contributed by atoms with Crippen LogP contribution < -0.4 is 5.32 Å². The molecule has 3 rings (SSSR count). The Morgan fingerprint density at radius 3 is 2.58 bits per heavy atom. The van der Waals surface area contributed by atoms with E-state index in [9.17, 15) is 0 Å². The quantitative estimate of drug-likeness (QED) is 0.838. The molecule has 0 aromatic heterocycles. The molecule has 0 aromatic rings. The van der Waals surface area contributed by atoms with Crippen LogP contribution in [0.15, 0.2) is 0 Å². The second-order valence-electron chi connectivity index (χ2n) is 7.30. The van der Waals surface area contributed by atoms with Gasteiger partial charge in [0.25, 0.3) is 0 Å². The molecular formula is C16H29NOS. The molecule has 2 heterocycles. The van der Waals surface area contributed by atoms with Crippen molar-refractivity contribution in [3.8, 4) is 0 Å². The van der Waals surface area contributed by atoms with Gasteiger partial charge < -0.3 is 10.1 Å². The van der Waals surface area contributed by atoms with Gasteiger partial charge in [0.2, 0.25) is 0 Å². The third-order valence-corrected chi connectivity index (χ3v) is 6.43. The van der Waals surface area contributed by atoms with Crippen LogP contribution in [0, 0.1) is 11.8 Å². The molecule has 3 aliphatic rings. The zero-order chi connectivity index (χ0) is 13.3. The molecule has 2 saturated heterocycles. The Labute approximate surface area is 122 Å². The van der Waals surface area contributed by atoms with Crippen LogP contribution in [0.2, 0.25) is 0 Å². The molecule has 3 fully saturated rings. The van der Waals surface area contributed by atoms with E-state index in [0.29, 0.717) is 6.04 Å². The summed E-state index contributed by atoms with van der Waals surface area (Å²) in [6.07, 6.45) is 7.91. The Morgan fingerprint density at radius 2 is 1.89 bits per heavy atom. The van der Waals surface area contributed by atoms with Crippen molar-refractivity contribution in [1.29, 1.82) is 0 Å². The van der Waals surface area contributed by atoms with Crippen molar-refractivity contribution in [2.24, 2.45) is 11.8 Å². The first-order valence-electron chi connectivity index (χ1n) is 8.13. The molecule has 0 aromatic carbocycles. The van der Waals surface area contributed by atoms with Crippen LogP contribution >= 0.6 is 11.8 Å². The first-order chi connectivity index (χ1) is 9.15. The van der Waals surface area contributed by atoms with Crippen molar-refractivity contribution in [2.45, 2.75) is 70.1 Å². The minimum Gasteiger partial charge on any atom is -0.374 e. The average molecular weight is 283 g/mol. The number of thioether (sulfide) groups is 1. The molecule has 1 N–H and O–H groups in total. The van der Waals surface area contributed by atoms with Gasteiger partial charge in [0, 0.05) is 24.4 Å². The molecule has 0 amide bonds. The van der Waals surface area contributed by atoms with E-state index in [1.54, 1.807) is 0 Å².